The van der Waals surface area contributed by atoms with Gasteiger partial charge in [0.2, 0.25) is 0 Å². The minimum atomic E-state index is 0.746. The van der Waals surface area contributed by atoms with Crippen molar-refractivity contribution in [2.75, 3.05) is 0 Å². The lowest BCUT2D eigenvalue weighted by atomic mass is 10.3. The van der Waals surface area contributed by atoms with Gasteiger partial charge in [-0.15, -0.1) is 0 Å². The van der Waals surface area contributed by atoms with E-state index >= 15 is 0 Å². The van der Waals surface area contributed by atoms with Gasteiger partial charge in [-0.2, -0.15) is 0 Å². The van der Waals surface area contributed by atoms with Crippen molar-refractivity contribution >= 4 is 5.69 Å². The van der Waals surface area contributed by atoms with Gasteiger partial charge in [0, 0.05) is 12.1 Å². The number of hydrogen-bond donors (Lipinski definition) is 1. The Labute approximate surface area is 52.7 Å². The summed E-state index contributed by atoms with van der Waals surface area (Å²) in [4.78, 5) is 4.64. The molecule has 0 bridgehead atoms. The first-order valence-corrected chi connectivity index (χ1v) is 2.77. The van der Waals surface area contributed by atoms with E-state index in [1.807, 2.05) is 30.3 Å². The maximum atomic E-state index is 4.64. The molecule has 1 saturated heterocycles. The molecule has 1 atom stereocenters. The standard InChI is InChI=1S/C6H6N2O/c1-2-4-6(5-3-1)8-7-9-8/h1-5,8H. The van der Waals surface area contributed by atoms with E-state index in [9.17, 15) is 0 Å². The highest BCUT2D eigenvalue weighted by Gasteiger charge is 2.12. The van der Waals surface area contributed by atoms with E-state index in [-0.39, 0.29) is 0 Å². The van der Waals surface area contributed by atoms with Crippen LogP contribution in [0.5, 0.6) is 0 Å². The molecule has 1 aromatic rings. The van der Waals surface area contributed by atoms with Crippen LogP contribution >= 0.6 is 0 Å². The maximum absolute atomic E-state index is 4.64. The van der Waals surface area contributed by atoms with E-state index in [1.165, 1.54) is 0 Å². The molecule has 1 aliphatic heterocycles. The SMILES string of the molecule is c1ccc([NH+]2[N-]O2)cc1. The Bertz CT molecular complexity index is 195. The van der Waals surface area contributed by atoms with Crippen LogP contribution in [0.3, 0.4) is 0 Å². The van der Waals surface area contributed by atoms with Crippen molar-refractivity contribution in [2.24, 2.45) is 0 Å². The average Bonchev–Trinajstić information content (AvgIpc) is 2.71. The van der Waals surface area contributed by atoms with Gasteiger partial charge in [-0.1, -0.05) is 18.2 Å². The Hall–Kier alpha value is -0.900. The van der Waals surface area contributed by atoms with Crippen molar-refractivity contribution in [1.29, 1.82) is 0 Å². The summed E-state index contributed by atoms with van der Waals surface area (Å²) in [6.45, 7) is 0. The van der Waals surface area contributed by atoms with Gasteiger partial charge < -0.3 is 0 Å². The largest absolute Gasteiger partial charge is 0.249 e. The van der Waals surface area contributed by atoms with Crippen LogP contribution in [0.15, 0.2) is 30.3 Å². The predicted molar refractivity (Wildman–Crippen MR) is 31.5 cm³/mol. The van der Waals surface area contributed by atoms with Crippen molar-refractivity contribution in [3.05, 3.63) is 35.9 Å². The van der Waals surface area contributed by atoms with E-state index in [4.69, 9.17) is 0 Å². The van der Waals surface area contributed by atoms with Gasteiger partial charge in [-0.25, -0.2) is 15.7 Å². The van der Waals surface area contributed by atoms with Crippen molar-refractivity contribution in [2.45, 2.75) is 0 Å². The first kappa shape index (κ1) is 4.93. The van der Waals surface area contributed by atoms with Crippen LogP contribution in [0.1, 0.15) is 0 Å². The molecule has 0 amide bonds. The number of benzene rings is 1. The summed E-state index contributed by atoms with van der Waals surface area (Å²) in [7, 11) is 0. The van der Waals surface area contributed by atoms with Crippen LogP contribution in [0, 0.1) is 0 Å². The van der Waals surface area contributed by atoms with E-state index < -0.39 is 0 Å². The molecular formula is C6H6N2O. The minimum Gasteiger partial charge on any atom is -0.249 e. The van der Waals surface area contributed by atoms with Crippen LogP contribution in [-0.2, 0) is 4.94 Å². The maximum Gasteiger partial charge on any atom is 0.154 e. The van der Waals surface area contributed by atoms with E-state index in [1.54, 1.807) is 0 Å². The molecule has 0 radical (unpaired) electrons. The Morgan fingerprint density at radius 1 is 1.22 bits per heavy atom. The van der Waals surface area contributed by atoms with Gasteiger partial charge in [-0.3, -0.25) is 0 Å². The van der Waals surface area contributed by atoms with E-state index in [0.717, 1.165) is 10.9 Å². The first-order chi connectivity index (χ1) is 4.47. The van der Waals surface area contributed by atoms with Crippen molar-refractivity contribution in [3.8, 4) is 0 Å². The number of hydrogen-bond acceptors (Lipinski definition) is 1. The molecule has 1 aliphatic rings. The van der Waals surface area contributed by atoms with Crippen LogP contribution < -0.4 is 5.17 Å². The third-order valence-corrected chi connectivity index (χ3v) is 1.20. The fraction of sp³-hybridized carbons (Fsp3) is 0. The molecule has 1 aromatic carbocycles. The first-order valence-electron chi connectivity index (χ1n) is 2.77. The monoisotopic (exact) mass is 122 g/mol. The average molecular weight is 122 g/mol. The number of quaternary nitrogens is 1. The smallest absolute Gasteiger partial charge is 0.154 e. The normalized spacial score (nSPS) is 23.8. The number of nitrogens with one attached hydrogen (secondary N) is 1. The summed E-state index contributed by atoms with van der Waals surface area (Å²) in [5, 5.41) is 0.746. The van der Waals surface area contributed by atoms with Gasteiger partial charge in [0.25, 0.3) is 0 Å². The molecule has 0 aromatic heterocycles. The lowest BCUT2D eigenvalue weighted by Crippen LogP contribution is -2.82. The van der Waals surface area contributed by atoms with Gasteiger partial charge >= 0.3 is 0 Å². The Balaban J connectivity index is 2.29. The van der Waals surface area contributed by atoms with E-state index in [2.05, 4.69) is 10.5 Å². The van der Waals surface area contributed by atoms with Crippen LogP contribution in [0.25, 0.3) is 5.59 Å². The molecule has 3 heteroatoms. The third kappa shape index (κ3) is 0.929. The number of nitrogens with zero attached hydrogens (tertiary/aromatic N) is 1. The second-order valence-electron chi connectivity index (χ2n) is 1.85. The fourth-order valence-electron chi connectivity index (χ4n) is 0.709. The summed E-state index contributed by atoms with van der Waals surface area (Å²) in [5.41, 5.74) is 4.64. The topological polar surface area (TPSA) is 31.1 Å². The highest BCUT2D eigenvalue weighted by molar-refractivity contribution is 5.28. The molecule has 1 fully saturated rings. The highest BCUT2D eigenvalue weighted by atomic mass is 17.0. The molecule has 0 aliphatic carbocycles. The molecular weight excluding hydrogens is 116 g/mol. The van der Waals surface area contributed by atoms with Crippen LogP contribution in [0.2, 0.25) is 0 Å². The zero-order valence-electron chi connectivity index (χ0n) is 4.74. The summed E-state index contributed by atoms with van der Waals surface area (Å²) < 4.78 is 0. The summed E-state index contributed by atoms with van der Waals surface area (Å²) in [5.74, 6) is 0. The second-order valence-corrected chi connectivity index (χ2v) is 1.85. The van der Waals surface area contributed by atoms with Crippen molar-refractivity contribution < 1.29 is 10.1 Å². The second kappa shape index (κ2) is 1.80. The molecule has 0 spiro atoms. The molecule has 9 heavy (non-hydrogen) atoms. The van der Waals surface area contributed by atoms with Gasteiger partial charge in [0.15, 0.2) is 5.69 Å². The predicted octanol–water partition coefficient (Wildman–Crippen LogP) is 0.352. The highest BCUT2D eigenvalue weighted by Crippen LogP contribution is 2.04. The van der Waals surface area contributed by atoms with Gasteiger partial charge in [0.05, 0.1) is 0 Å². The molecule has 1 heterocycles. The Morgan fingerprint density at radius 2 is 1.89 bits per heavy atom. The van der Waals surface area contributed by atoms with Crippen molar-refractivity contribution in [1.82, 2.24) is 0 Å². The number of rotatable bonds is 1. The Morgan fingerprint density at radius 3 is 2.44 bits per heavy atom. The van der Waals surface area contributed by atoms with Crippen LogP contribution in [0.4, 0.5) is 5.69 Å². The zero-order valence-corrected chi connectivity index (χ0v) is 4.74. The molecule has 1 N–H and O–H groups in total. The summed E-state index contributed by atoms with van der Waals surface area (Å²) >= 11 is 0. The van der Waals surface area contributed by atoms with Crippen molar-refractivity contribution in [3.63, 3.8) is 0 Å². The van der Waals surface area contributed by atoms with Gasteiger partial charge in [0.1, 0.15) is 0 Å². The lowest BCUT2D eigenvalue weighted by Gasteiger charge is -1.91. The quantitative estimate of drug-likeness (QED) is 0.535. The zero-order chi connectivity index (χ0) is 6.10. The molecule has 1 unspecified atom stereocenters. The van der Waals surface area contributed by atoms with E-state index in [0.29, 0.717) is 0 Å². The molecule has 46 valence electrons. The Kier molecular flexibility index (Phi) is 0.989. The van der Waals surface area contributed by atoms with Gasteiger partial charge in [-0.05, 0) is 0 Å². The summed E-state index contributed by atoms with van der Waals surface area (Å²) in [6.07, 6.45) is 0. The van der Waals surface area contributed by atoms with Crippen LogP contribution in [-0.4, -0.2) is 0 Å². The molecule has 3 nitrogen and oxygen atoms in total. The fourth-order valence-corrected chi connectivity index (χ4v) is 0.709. The lowest BCUT2D eigenvalue weighted by molar-refractivity contribution is -0.809. The third-order valence-electron chi connectivity index (χ3n) is 1.20. The molecule has 2 rings (SSSR count). The minimum absolute atomic E-state index is 0.746. The molecule has 0 saturated carbocycles. The summed E-state index contributed by atoms with van der Waals surface area (Å²) in [6, 6.07) is 9.81.